The van der Waals surface area contributed by atoms with E-state index in [9.17, 15) is 4.79 Å². The summed E-state index contributed by atoms with van der Waals surface area (Å²) in [4.78, 5) is 12.7. The number of esters is 1. The molecule has 0 aromatic heterocycles. The summed E-state index contributed by atoms with van der Waals surface area (Å²) >= 11 is 0. The molecule has 4 unspecified atom stereocenters. The van der Waals surface area contributed by atoms with E-state index in [1.165, 1.54) is 23.1 Å². The average molecular weight is 515 g/mol. The first-order valence-corrected chi connectivity index (χ1v) is 14.0. The molecule has 0 aliphatic carbocycles. The Morgan fingerprint density at radius 2 is 1.50 bits per heavy atom. The molecular formula is C34H42O4. The second-order valence-electron chi connectivity index (χ2n) is 11.1. The van der Waals surface area contributed by atoms with Crippen LogP contribution in [0.4, 0.5) is 0 Å². The first-order chi connectivity index (χ1) is 18.3. The van der Waals surface area contributed by atoms with Crippen LogP contribution < -0.4 is 0 Å². The molecule has 3 aromatic carbocycles. The Morgan fingerprint density at radius 3 is 2.08 bits per heavy atom. The lowest BCUT2D eigenvalue weighted by molar-refractivity contribution is -0.139. The van der Waals surface area contributed by atoms with E-state index in [-0.39, 0.29) is 18.0 Å². The minimum absolute atomic E-state index is 0.0419. The van der Waals surface area contributed by atoms with Gasteiger partial charge in [0.15, 0.2) is 5.79 Å². The number of benzene rings is 3. The van der Waals surface area contributed by atoms with Gasteiger partial charge < -0.3 is 14.2 Å². The summed E-state index contributed by atoms with van der Waals surface area (Å²) in [6.45, 7) is 9.26. The Bertz CT molecular complexity index is 1120. The van der Waals surface area contributed by atoms with E-state index < -0.39 is 5.79 Å². The van der Waals surface area contributed by atoms with Crippen molar-refractivity contribution in [2.75, 3.05) is 13.2 Å². The summed E-state index contributed by atoms with van der Waals surface area (Å²) in [5.74, 6) is 0.477. The molecule has 38 heavy (non-hydrogen) atoms. The van der Waals surface area contributed by atoms with Crippen LogP contribution in [0.15, 0.2) is 84.9 Å². The fourth-order valence-corrected chi connectivity index (χ4v) is 5.30. The lowest BCUT2D eigenvalue weighted by atomic mass is 9.77. The van der Waals surface area contributed by atoms with Crippen molar-refractivity contribution in [2.24, 2.45) is 5.92 Å². The van der Waals surface area contributed by atoms with Crippen LogP contribution in [0.2, 0.25) is 0 Å². The van der Waals surface area contributed by atoms with Gasteiger partial charge >= 0.3 is 5.97 Å². The zero-order chi connectivity index (χ0) is 27.0. The molecule has 4 atom stereocenters. The van der Waals surface area contributed by atoms with Gasteiger partial charge in [-0.3, -0.25) is 0 Å². The number of carbonyl (C=O) groups is 1. The first kappa shape index (κ1) is 28.1. The maximum Gasteiger partial charge on any atom is 0.338 e. The molecule has 4 heteroatoms. The van der Waals surface area contributed by atoms with Crippen LogP contribution in [0.1, 0.15) is 92.3 Å². The smallest absolute Gasteiger partial charge is 0.338 e. The Labute approximate surface area is 228 Å². The van der Waals surface area contributed by atoms with Crippen LogP contribution in [0.25, 0.3) is 0 Å². The first-order valence-electron chi connectivity index (χ1n) is 14.0. The fourth-order valence-electron chi connectivity index (χ4n) is 5.30. The standard InChI is InChI=1S/C34H42O4/c1-5-25(2)22-30(26-12-8-6-9-13-26)23-32(27-14-10-7-11-15-27)28-16-18-29(19-17-28)33(35)36-21-20-31-24-37-34(3,4)38-31/h6-19,25,30-32H,5,20-24H2,1-4H3. The summed E-state index contributed by atoms with van der Waals surface area (Å²) in [5, 5.41) is 0. The maximum absolute atomic E-state index is 12.7. The van der Waals surface area contributed by atoms with E-state index in [0.29, 0.717) is 37.0 Å². The van der Waals surface area contributed by atoms with Crippen LogP contribution in [0.3, 0.4) is 0 Å². The van der Waals surface area contributed by atoms with Gasteiger partial charge in [-0.2, -0.15) is 0 Å². The molecule has 0 N–H and O–H groups in total. The molecule has 4 nitrogen and oxygen atoms in total. The monoisotopic (exact) mass is 514 g/mol. The lowest BCUT2D eigenvalue weighted by Gasteiger charge is -2.27. The van der Waals surface area contributed by atoms with Gasteiger partial charge in [-0.15, -0.1) is 0 Å². The van der Waals surface area contributed by atoms with E-state index in [1.807, 2.05) is 26.0 Å². The maximum atomic E-state index is 12.7. The number of hydrogen-bond donors (Lipinski definition) is 0. The van der Waals surface area contributed by atoms with Crippen molar-refractivity contribution in [1.29, 1.82) is 0 Å². The topological polar surface area (TPSA) is 44.8 Å². The van der Waals surface area contributed by atoms with Crippen molar-refractivity contribution in [2.45, 2.75) is 77.1 Å². The van der Waals surface area contributed by atoms with Crippen molar-refractivity contribution in [3.05, 3.63) is 107 Å². The van der Waals surface area contributed by atoms with Gasteiger partial charge in [-0.05, 0) is 67.3 Å². The van der Waals surface area contributed by atoms with Gasteiger partial charge in [-0.25, -0.2) is 4.79 Å². The molecule has 202 valence electrons. The number of rotatable bonds is 12. The quantitative estimate of drug-likeness (QED) is 0.229. The molecule has 0 radical (unpaired) electrons. The van der Waals surface area contributed by atoms with E-state index in [4.69, 9.17) is 14.2 Å². The number of ether oxygens (including phenoxy) is 3. The highest BCUT2D eigenvalue weighted by Crippen LogP contribution is 2.38. The normalized spacial score (nSPS) is 19.0. The number of carbonyl (C=O) groups excluding carboxylic acids is 1. The Kier molecular flexibility index (Phi) is 9.76. The minimum atomic E-state index is -0.562. The minimum Gasteiger partial charge on any atom is -0.462 e. The van der Waals surface area contributed by atoms with Crippen molar-refractivity contribution in [3.63, 3.8) is 0 Å². The Balaban J connectivity index is 1.47. The highest BCUT2D eigenvalue weighted by atomic mass is 16.7. The molecular weight excluding hydrogens is 472 g/mol. The van der Waals surface area contributed by atoms with Crippen molar-refractivity contribution in [1.82, 2.24) is 0 Å². The summed E-state index contributed by atoms with van der Waals surface area (Å²) in [6, 6.07) is 29.6. The van der Waals surface area contributed by atoms with Crippen LogP contribution in [-0.2, 0) is 14.2 Å². The third-order valence-electron chi connectivity index (χ3n) is 7.67. The molecule has 1 fully saturated rings. The highest BCUT2D eigenvalue weighted by Gasteiger charge is 2.32. The van der Waals surface area contributed by atoms with Gasteiger partial charge in [0.25, 0.3) is 0 Å². The largest absolute Gasteiger partial charge is 0.462 e. The molecule has 0 spiro atoms. The van der Waals surface area contributed by atoms with Gasteiger partial charge in [-0.1, -0.05) is 93.1 Å². The summed E-state index contributed by atoms with van der Waals surface area (Å²) in [5.41, 5.74) is 4.49. The molecule has 0 bridgehead atoms. The third-order valence-corrected chi connectivity index (χ3v) is 7.67. The van der Waals surface area contributed by atoms with Crippen LogP contribution in [0.5, 0.6) is 0 Å². The fraction of sp³-hybridized carbons (Fsp3) is 0.441. The Hall–Kier alpha value is -2.95. The summed E-state index contributed by atoms with van der Waals surface area (Å²) in [7, 11) is 0. The van der Waals surface area contributed by atoms with Crippen molar-refractivity contribution in [3.8, 4) is 0 Å². The van der Waals surface area contributed by atoms with E-state index in [1.54, 1.807) is 0 Å². The SMILES string of the molecule is CCC(C)CC(CC(c1ccccc1)c1ccc(C(=O)OCCC2COC(C)(C)O2)cc1)c1ccccc1. The molecule has 0 amide bonds. The van der Waals surface area contributed by atoms with Gasteiger partial charge in [0, 0.05) is 12.3 Å². The molecule has 1 saturated heterocycles. The third kappa shape index (κ3) is 7.78. The van der Waals surface area contributed by atoms with E-state index >= 15 is 0 Å². The van der Waals surface area contributed by atoms with E-state index in [0.717, 1.165) is 12.8 Å². The van der Waals surface area contributed by atoms with Crippen molar-refractivity contribution < 1.29 is 19.0 Å². The molecule has 0 saturated carbocycles. The molecule has 1 aliphatic heterocycles. The zero-order valence-electron chi connectivity index (χ0n) is 23.3. The second-order valence-corrected chi connectivity index (χ2v) is 11.1. The van der Waals surface area contributed by atoms with Crippen LogP contribution in [-0.4, -0.2) is 31.1 Å². The Morgan fingerprint density at radius 1 is 0.895 bits per heavy atom. The van der Waals surface area contributed by atoms with Crippen LogP contribution >= 0.6 is 0 Å². The average Bonchev–Trinajstić information content (AvgIpc) is 3.30. The van der Waals surface area contributed by atoms with Crippen LogP contribution in [0, 0.1) is 5.92 Å². The highest BCUT2D eigenvalue weighted by molar-refractivity contribution is 5.89. The number of hydrogen-bond acceptors (Lipinski definition) is 4. The summed E-state index contributed by atoms with van der Waals surface area (Å²) < 4.78 is 16.9. The van der Waals surface area contributed by atoms with Gasteiger partial charge in [0.1, 0.15) is 0 Å². The predicted octanol–water partition coefficient (Wildman–Crippen LogP) is 8.13. The molecule has 1 heterocycles. The zero-order valence-corrected chi connectivity index (χ0v) is 23.3. The van der Waals surface area contributed by atoms with Gasteiger partial charge in [0.2, 0.25) is 0 Å². The predicted molar refractivity (Wildman–Crippen MR) is 152 cm³/mol. The lowest BCUT2D eigenvalue weighted by Crippen LogP contribution is -2.22. The second kappa shape index (κ2) is 13.2. The molecule has 1 aliphatic rings. The molecule has 3 aromatic rings. The summed E-state index contributed by atoms with van der Waals surface area (Å²) in [6.07, 6.45) is 3.93. The van der Waals surface area contributed by atoms with Gasteiger partial charge in [0.05, 0.1) is 24.9 Å². The van der Waals surface area contributed by atoms with E-state index in [2.05, 4.69) is 86.6 Å². The molecule has 4 rings (SSSR count). The van der Waals surface area contributed by atoms with Crippen molar-refractivity contribution >= 4 is 5.97 Å².